The lowest BCUT2D eigenvalue weighted by Gasteiger charge is -2.35. The van der Waals surface area contributed by atoms with Crippen molar-refractivity contribution >= 4 is 28.6 Å². The second kappa shape index (κ2) is 7.73. The van der Waals surface area contributed by atoms with Crippen molar-refractivity contribution in [2.45, 2.75) is 45.1 Å². The van der Waals surface area contributed by atoms with Crippen molar-refractivity contribution in [3.05, 3.63) is 30.1 Å². The number of carbonyl (C=O) groups is 1. The third-order valence-corrected chi connectivity index (χ3v) is 5.63. The number of piperidine rings is 1. The lowest BCUT2D eigenvalue weighted by Crippen LogP contribution is -2.43. The summed E-state index contributed by atoms with van der Waals surface area (Å²) in [5.74, 6) is 2.95. The molecule has 2 aromatic rings. The number of carbonyl (C=O) groups excluding carboxylic acids is 1. The molecule has 1 fully saturated rings. The minimum Gasteiger partial charge on any atom is -0.341 e. The molecule has 0 N–H and O–H groups in total. The number of amides is 1. The molecule has 4 nitrogen and oxygen atoms in total. The Bertz CT molecular complexity index is 752. The summed E-state index contributed by atoms with van der Waals surface area (Å²) in [6, 6.07) is 8.05. The van der Waals surface area contributed by atoms with E-state index in [-0.39, 0.29) is 11.8 Å². The quantitative estimate of drug-likeness (QED) is 0.603. The second-order valence-electron chi connectivity index (χ2n) is 7.59. The molecule has 0 radical (unpaired) electrons. The van der Waals surface area contributed by atoms with Gasteiger partial charge in [0, 0.05) is 24.4 Å². The first kappa shape index (κ1) is 18.2. The number of likely N-dealkylation sites (tertiary alicyclic amines) is 1. The molecule has 0 unspecified atom stereocenters. The van der Waals surface area contributed by atoms with Crippen LogP contribution in [-0.4, -0.2) is 39.6 Å². The van der Waals surface area contributed by atoms with Crippen LogP contribution in [0.4, 0.5) is 0 Å². The Kier molecular flexibility index (Phi) is 5.62. The molecule has 0 spiro atoms. The highest BCUT2D eigenvalue weighted by Crippen LogP contribution is 2.28. The summed E-state index contributed by atoms with van der Waals surface area (Å²) in [7, 11) is 0. The Balaban J connectivity index is 1.77. The van der Waals surface area contributed by atoms with Crippen molar-refractivity contribution in [3.63, 3.8) is 0 Å². The molecular weight excluding hydrogens is 330 g/mol. The fourth-order valence-electron chi connectivity index (χ4n) is 3.52. The average Bonchev–Trinajstić information content (AvgIpc) is 2.58. The number of hydrogen-bond acceptors (Lipinski definition) is 4. The lowest BCUT2D eigenvalue weighted by atomic mass is 9.92. The summed E-state index contributed by atoms with van der Waals surface area (Å²) in [6.07, 6.45) is 1.21. The van der Waals surface area contributed by atoms with Crippen LogP contribution in [-0.2, 0) is 4.79 Å². The molecule has 1 aromatic heterocycles. The third-order valence-electron chi connectivity index (χ3n) is 4.66. The number of thioether (sulfide) groups is 1. The van der Waals surface area contributed by atoms with Gasteiger partial charge in [0.1, 0.15) is 10.9 Å². The summed E-state index contributed by atoms with van der Waals surface area (Å²) in [6.45, 7) is 10.4. The van der Waals surface area contributed by atoms with Crippen LogP contribution in [0.1, 0.15) is 45.9 Å². The number of aromatic nitrogens is 2. The molecule has 0 bridgehead atoms. The predicted molar refractivity (Wildman–Crippen MR) is 104 cm³/mol. The molecule has 0 aliphatic carbocycles. The Labute approximate surface area is 154 Å². The van der Waals surface area contributed by atoms with Crippen molar-refractivity contribution in [1.82, 2.24) is 14.9 Å². The fourth-order valence-corrected chi connectivity index (χ4v) is 4.45. The monoisotopic (exact) mass is 357 g/mol. The highest BCUT2D eigenvalue weighted by atomic mass is 32.2. The van der Waals surface area contributed by atoms with Gasteiger partial charge in [-0.15, -0.1) is 0 Å². The van der Waals surface area contributed by atoms with Crippen LogP contribution in [0.25, 0.3) is 10.9 Å². The van der Waals surface area contributed by atoms with Gasteiger partial charge in [-0.2, -0.15) is 0 Å². The van der Waals surface area contributed by atoms with Crippen LogP contribution in [0.15, 0.2) is 29.3 Å². The van der Waals surface area contributed by atoms with Crippen molar-refractivity contribution in [1.29, 1.82) is 0 Å². The van der Waals surface area contributed by atoms with E-state index in [1.165, 1.54) is 6.42 Å². The summed E-state index contributed by atoms with van der Waals surface area (Å²) >= 11 is 1.54. The molecule has 1 amide bonds. The first-order valence-electron chi connectivity index (χ1n) is 9.11. The average molecular weight is 358 g/mol. The number of nitrogens with zero attached hydrogens (tertiary/aromatic N) is 3. The normalized spacial score (nSPS) is 21.1. The van der Waals surface area contributed by atoms with Crippen LogP contribution in [0, 0.1) is 11.8 Å². The molecule has 2 atom stereocenters. The maximum absolute atomic E-state index is 12.7. The Morgan fingerprint density at radius 3 is 2.56 bits per heavy atom. The molecule has 25 heavy (non-hydrogen) atoms. The maximum Gasteiger partial charge on any atom is 0.233 e. The smallest absolute Gasteiger partial charge is 0.233 e. The molecule has 1 aliphatic rings. The van der Waals surface area contributed by atoms with Gasteiger partial charge in [0.05, 0.1) is 11.3 Å². The van der Waals surface area contributed by atoms with E-state index in [1.807, 2.05) is 29.2 Å². The van der Waals surface area contributed by atoms with E-state index in [0.717, 1.165) is 34.8 Å². The molecule has 1 aromatic carbocycles. The predicted octanol–water partition coefficient (Wildman–Crippen LogP) is 4.35. The molecule has 134 valence electrons. The summed E-state index contributed by atoms with van der Waals surface area (Å²) in [5, 5.41) is 1.95. The van der Waals surface area contributed by atoms with Gasteiger partial charge in [0.2, 0.25) is 5.91 Å². The molecule has 1 aliphatic heterocycles. The van der Waals surface area contributed by atoms with Gasteiger partial charge in [-0.1, -0.05) is 57.7 Å². The Hall–Kier alpha value is -1.62. The van der Waals surface area contributed by atoms with E-state index in [2.05, 4.69) is 32.7 Å². The maximum atomic E-state index is 12.7. The largest absolute Gasteiger partial charge is 0.341 e. The van der Waals surface area contributed by atoms with Gasteiger partial charge in [0.25, 0.3) is 0 Å². The minimum absolute atomic E-state index is 0.220. The molecule has 5 heteroatoms. The standard InChI is InChI=1S/C20H27N3OS/c1-13(2)19-21-17-8-6-5-7-16(17)20(22-19)25-12-18(24)23-10-14(3)9-15(4)11-23/h5-8,13-15H,9-12H2,1-4H3/t14-,15-/m1/s1. The molecule has 1 saturated heterocycles. The van der Waals surface area contributed by atoms with Crippen LogP contribution < -0.4 is 0 Å². The number of rotatable bonds is 4. The zero-order valence-corrected chi connectivity index (χ0v) is 16.3. The van der Waals surface area contributed by atoms with Crippen molar-refractivity contribution in [2.24, 2.45) is 11.8 Å². The summed E-state index contributed by atoms with van der Waals surface area (Å²) in [4.78, 5) is 24.1. The number of hydrogen-bond donors (Lipinski definition) is 0. The molecular formula is C20H27N3OS. The van der Waals surface area contributed by atoms with Gasteiger partial charge < -0.3 is 4.90 Å². The first-order valence-corrected chi connectivity index (χ1v) is 10.1. The van der Waals surface area contributed by atoms with E-state index in [0.29, 0.717) is 17.6 Å². The van der Waals surface area contributed by atoms with Gasteiger partial charge in [-0.25, -0.2) is 9.97 Å². The highest BCUT2D eigenvalue weighted by Gasteiger charge is 2.25. The minimum atomic E-state index is 0.220. The van der Waals surface area contributed by atoms with E-state index in [4.69, 9.17) is 4.98 Å². The van der Waals surface area contributed by atoms with E-state index < -0.39 is 0 Å². The Morgan fingerprint density at radius 2 is 1.88 bits per heavy atom. The van der Waals surface area contributed by atoms with Gasteiger partial charge in [-0.05, 0) is 24.3 Å². The third kappa shape index (κ3) is 4.32. The zero-order chi connectivity index (χ0) is 18.0. The SMILES string of the molecule is CC(C)c1nc(SCC(=O)N2C[C@H](C)C[C@@H](C)C2)c2ccccc2n1. The van der Waals surface area contributed by atoms with Crippen LogP contribution in [0.5, 0.6) is 0 Å². The fraction of sp³-hybridized carbons (Fsp3) is 0.550. The first-order chi connectivity index (χ1) is 11.9. The Morgan fingerprint density at radius 1 is 1.20 bits per heavy atom. The number of benzene rings is 1. The van der Waals surface area contributed by atoms with Gasteiger partial charge in [0.15, 0.2) is 0 Å². The van der Waals surface area contributed by atoms with E-state index >= 15 is 0 Å². The van der Waals surface area contributed by atoms with Crippen molar-refractivity contribution in [2.75, 3.05) is 18.8 Å². The molecule has 2 heterocycles. The summed E-state index contributed by atoms with van der Waals surface area (Å²) < 4.78 is 0. The lowest BCUT2D eigenvalue weighted by molar-refractivity contribution is -0.130. The van der Waals surface area contributed by atoms with Crippen LogP contribution >= 0.6 is 11.8 Å². The summed E-state index contributed by atoms with van der Waals surface area (Å²) in [5.41, 5.74) is 0.955. The van der Waals surface area contributed by atoms with E-state index in [9.17, 15) is 4.79 Å². The molecule has 0 saturated carbocycles. The van der Waals surface area contributed by atoms with E-state index in [1.54, 1.807) is 11.8 Å². The topological polar surface area (TPSA) is 46.1 Å². The van der Waals surface area contributed by atoms with Crippen LogP contribution in [0.2, 0.25) is 0 Å². The number of para-hydroxylation sites is 1. The van der Waals surface area contributed by atoms with Crippen molar-refractivity contribution < 1.29 is 4.79 Å². The highest BCUT2D eigenvalue weighted by molar-refractivity contribution is 8.00. The molecule has 3 rings (SSSR count). The van der Waals surface area contributed by atoms with Crippen LogP contribution in [0.3, 0.4) is 0 Å². The van der Waals surface area contributed by atoms with Gasteiger partial charge in [-0.3, -0.25) is 4.79 Å². The zero-order valence-electron chi connectivity index (χ0n) is 15.5. The number of fused-ring (bicyclic) bond motifs is 1. The second-order valence-corrected chi connectivity index (χ2v) is 8.56. The van der Waals surface area contributed by atoms with Gasteiger partial charge >= 0.3 is 0 Å². The van der Waals surface area contributed by atoms with Crippen molar-refractivity contribution in [3.8, 4) is 0 Å².